The van der Waals surface area contributed by atoms with E-state index in [0.717, 1.165) is 0 Å². The molecule has 1 saturated heterocycles. The number of esters is 1. The highest BCUT2D eigenvalue weighted by Crippen LogP contribution is 2.33. The van der Waals surface area contributed by atoms with E-state index in [-0.39, 0.29) is 5.92 Å². The molecule has 1 heterocycles. The van der Waals surface area contributed by atoms with Crippen molar-refractivity contribution < 1.29 is 44.6 Å². The van der Waals surface area contributed by atoms with Gasteiger partial charge in [0, 0.05) is 12.3 Å². The standard InChI is InChI=1S/C15H27NO9/c1-6(2)10(16)13(20)24-5-9(18)11(19)12-7(3)8(17)4-15(23,25-12)14(21)22/h6-12,17-19,23H,4-5,16H2,1-3H3,(H,21,22). The second-order valence-electron chi connectivity index (χ2n) is 6.76. The zero-order valence-electron chi connectivity index (χ0n) is 14.4. The molecule has 10 heteroatoms. The van der Waals surface area contributed by atoms with Gasteiger partial charge in [0.05, 0.1) is 12.2 Å². The first kappa shape index (κ1) is 21.7. The van der Waals surface area contributed by atoms with Crippen LogP contribution in [0.25, 0.3) is 0 Å². The summed E-state index contributed by atoms with van der Waals surface area (Å²) in [5, 5.41) is 49.0. The highest BCUT2D eigenvalue weighted by molar-refractivity contribution is 5.76. The van der Waals surface area contributed by atoms with Crippen LogP contribution in [0.1, 0.15) is 27.2 Å². The quantitative estimate of drug-likeness (QED) is 0.271. The fourth-order valence-electron chi connectivity index (χ4n) is 2.44. The topological polar surface area (TPSA) is 180 Å². The van der Waals surface area contributed by atoms with Crippen LogP contribution in [0.2, 0.25) is 0 Å². The lowest BCUT2D eigenvalue weighted by atomic mass is 9.85. The molecule has 7 unspecified atom stereocenters. The molecule has 25 heavy (non-hydrogen) atoms. The summed E-state index contributed by atoms with van der Waals surface area (Å²) in [6, 6.07) is -0.895. The van der Waals surface area contributed by atoms with Crippen molar-refractivity contribution in [2.45, 2.75) is 63.4 Å². The van der Waals surface area contributed by atoms with Crippen LogP contribution < -0.4 is 5.73 Å². The lowest BCUT2D eigenvalue weighted by Gasteiger charge is -2.43. The molecular weight excluding hydrogens is 338 g/mol. The van der Waals surface area contributed by atoms with Gasteiger partial charge in [0.1, 0.15) is 24.9 Å². The van der Waals surface area contributed by atoms with E-state index in [9.17, 15) is 30.0 Å². The Morgan fingerprint density at radius 2 is 1.92 bits per heavy atom. The van der Waals surface area contributed by atoms with Crippen molar-refractivity contribution in [1.29, 1.82) is 0 Å². The van der Waals surface area contributed by atoms with Crippen molar-refractivity contribution in [3.05, 3.63) is 0 Å². The van der Waals surface area contributed by atoms with Gasteiger partial charge in [0.15, 0.2) is 0 Å². The number of nitrogens with two attached hydrogens (primary N) is 1. The molecule has 0 aliphatic carbocycles. The molecule has 1 rings (SSSR count). The van der Waals surface area contributed by atoms with Crippen LogP contribution in [0.4, 0.5) is 0 Å². The molecule has 10 nitrogen and oxygen atoms in total. The monoisotopic (exact) mass is 365 g/mol. The van der Waals surface area contributed by atoms with Gasteiger partial charge in [-0.1, -0.05) is 20.8 Å². The summed E-state index contributed by atoms with van der Waals surface area (Å²) in [6.45, 7) is 4.29. The first-order chi connectivity index (χ1) is 11.4. The fourth-order valence-corrected chi connectivity index (χ4v) is 2.44. The summed E-state index contributed by atoms with van der Waals surface area (Å²) in [5.74, 6) is -6.14. The van der Waals surface area contributed by atoms with Crippen LogP contribution in [-0.4, -0.2) is 80.3 Å². The van der Waals surface area contributed by atoms with Gasteiger partial charge < -0.3 is 40.7 Å². The minimum atomic E-state index is -2.69. The third kappa shape index (κ3) is 5.09. The summed E-state index contributed by atoms with van der Waals surface area (Å²) >= 11 is 0. The van der Waals surface area contributed by atoms with Crippen LogP contribution in [-0.2, 0) is 19.1 Å². The predicted octanol–water partition coefficient (Wildman–Crippen LogP) is -2.21. The van der Waals surface area contributed by atoms with E-state index in [1.54, 1.807) is 13.8 Å². The Labute approximate surface area is 145 Å². The Hall–Kier alpha value is -1.30. The minimum absolute atomic E-state index is 0.183. The molecular formula is C15H27NO9. The Morgan fingerprint density at radius 1 is 1.36 bits per heavy atom. The molecule has 7 N–H and O–H groups in total. The fraction of sp³-hybridized carbons (Fsp3) is 0.867. The first-order valence-corrected chi connectivity index (χ1v) is 8.00. The van der Waals surface area contributed by atoms with Crippen molar-refractivity contribution in [3.8, 4) is 0 Å². The highest BCUT2D eigenvalue weighted by atomic mass is 16.7. The van der Waals surface area contributed by atoms with Gasteiger partial charge in [-0.15, -0.1) is 0 Å². The summed E-state index contributed by atoms with van der Waals surface area (Å²) in [5.41, 5.74) is 5.60. The minimum Gasteiger partial charge on any atom is -0.477 e. The maximum absolute atomic E-state index is 11.7. The lowest BCUT2D eigenvalue weighted by molar-refractivity contribution is -0.302. The van der Waals surface area contributed by atoms with Gasteiger partial charge in [-0.05, 0) is 5.92 Å². The van der Waals surface area contributed by atoms with Crippen molar-refractivity contribution >= 4 is 11.9 Å². The second kappa shape index (κ2) is 8.39. The molecule has 0 aromatic rings. The molecule has 1 aliphatic rings. The van der Waals surface area contributed by atoms with Crippen molar-refractivity contribution in [3.63, 3.8) is 0 Å². The number of aliphatic hydroxyl groups excluding tert-OH is 3. The van der Waals surface area contributed by atoms with Crippen LogP contribution in [0.3, 0.4) is 0 Å². The normalized spacial score (nSPS) is 33.6. The van der Waals surface area contributed by atoms with E-state index in [2.05, 4.69) is 0 Å². The van der Waals surface area contributed by atoms with Gasteiger partial charge in [0.25, 0.3) is 5.79 Å². The summed E-state index contributed by atoms with van der Waals surface area (Å²) in [7, 11) is 0. The Kier molecular flexibility index (Phi) is 7.29. The van der Waals surface area contributed by atoms with Gasteiger partial charge in [-0.3, -0.25) is 4.79 Å². The van der Waals surface area contributed by atoms with Crippen molar-refractivity contribution in [2.24, 2.45) is 17.6 Å². The highest BCUT2D eigenvalue weighted by Gasteiger charge is 2.52. The summed E-state index contributed by atoms with van der Waals surface area (Å²) < 4.78 is 9.84. The molecule has 1 fully saturated rings. The number of ether oxygens (including phenoxy) is 2. The van der Waals surface area contributed by atoms with E-state index in [4.69, 9.17) is 20.3 Å². The number of carboxylic acids is 1. The molecule has 0 bridgehead atoms. The van der Waals surface area contributed by atoms with E-state index in [1.165, 1.54) is 6.92 Å². The Morgan fingerprint density at radius 3 is 2.40 bits per heavy atom. The van der Waals surface area contributed by atoms with Crippen molar-refractivity contribution in [1.82, 2.24) is 0 Å². The first-order valence-electron chi connectivity index (χ1n) is 8.00. The summed E-state index contributed by atoms with van der Waals surface area (Å²) in [6.07, 6.45) is -6.59. The lowest BCUT2D eigenvalue weighted by Crippen LogP contribution is -2.60. The number of rotatable bonds is 7. The second-order valence-corrected chi connectivity index (χ2v) is 6.76. The summed E-state index contributed by atoms with van der Waals surface area (Å²) in [4.78, 5) is 22.8. The maximum Gasteiger partial charge on any atom is 0.364 e. The van der Waals surface area contributed by atoms with Gasteiger partial charge in [-0.2, -0.15) is 0 Å². The van der Waals surface area contributed by atoms with Crippen LogP contribution in [0.5, 0.6) is 0 Å². The Bertz CT molecular complexity index is 486. The van der Waals surface area contributed by atoms with E-state index >= 15 is 0 Å². The van der Waals surface area contributed by atoms with E-state index in [0.29, 0.717) is 0 Å². The molecule has 0 amide bonds. The molecule has 0 aromatic carbocycles. The van der Waals surface area contributed by atoms with E-state index in [1.807, 2.05) is 0 Å². The molecule has 1 aliphatic heterocycles. The molecule has 7 atom stereocenters. The third-order valence-corrected chi connectivity index (χ3v) is 4.39. The zero-order chi connectivity index (χ0) is 19.5. The molecule has 146 valence electrons. The van der Waals surface area contributed by atoms with Gasteiger partial charge in [0.2, 0.25) is 0 Å². The van der Waals surface area contributed by atoms with Gasteiger partial charge in [-0.25, -0.2) is 4.79 Å². The number of carbonyl (C=O) groups is 2. The number of aliphatic carboxylic acids is 1. The molecule has 0 saturated carbocycles. The molecule has 0 aromatic heterocycles. The Balaban J connectivity index is 2.74. The third-order valence-electron chi connectivity index (χ3n) is 4.39. The smallest absolute Gasteiger partial charge is 0.364 e. The number of hydrogen-bond acceptors (Lipinski definition) is 9. The van der Waals surface area contributed by atoms with Crippen LogP contribution in [0.15, 0.2) is 0 Å². The zero-order valence-corrected chi connectivity index (χ0v) is 14.4. The van der Waals surface area contributed by atoms with Crippen LogP contribution in [0, 0.1) is 11.8 Å². The average Bonchev–Trinajstić information content (AvgIpc) is 2.53. The average molecular weight is 365 g/mol. The molecule has 0 spiro atoms. The largest absolute Gasteiger partial charge is 0.477 e. The predicted molar refractivity (Wildman–Crippen MR) is 83.0 cm³/mol. The SMILES string of the molecule is CC(C)C(N)C(=O)OCC(O)C(O)C1OC(O)(C(=O)O)CC(O)C1C. The van der Waals surface area contributed by atoms with E-state index < -0.39 is 67.1 Å². The number of carboxylic acid groups (broad SMARTS) is 1. The number of aliphatic hydroxyl groups is 4. The van der Waals surface area contributed by atoms with Crippen molar-refractivity contribution in [2.75, 3.05) is 6.61 Å². The van der Waals surface area contributed by atoms with Crippen LogP contribution >= 0.6 is 0 Å². The number of hydrogen-bond donors (Lipinski definition) is 6. The van der Waals surface area contributed by atoms with Gasteiger partial charge >= 0.3 is 11.9 Å². The molecule has 0 radical (unpaired) electrons. The maximum atomic E-state index is 11.7. The number of carbonyl (C=O) groups excluding carboxylic acids is 1.